The van der Waals surface area contributed by atoms with Gasteiger partial charge in [0.1, 0.15) is 24.6 Å². The van der Waals surface area contributed by atoms with Gasteiger partial charge in [-0.05, 0) is 25.0 Å². The highest BCUT2D eigenvalue weighted by molar-refractivity contribution is 7.89. The molecule has 0 radical (unpaired) electrons. The van der Waals surface area contributed by atoms with E-state index in [1.54, 1.807) is 18.2 Å². The molecule has 1 fully saturated rings. The number of aromatic nitrogens is 4. The number of nitrogens with zero attached hydrogens (tertiary/aromatic N) is 5. The van der Waals surface area contributed by atoms with Crippen LogP contribution in [0.15, 0.2) is 47.6 Å². The maximum Gasteiger partial charge on any atom is 0.264 e. The van der Waals surface area contributed by atoms with Crippen molar-refractivity contribution in [1.82, 2.24) is 24.2 Å². The van der Waals surface area contributed by atoms with E-state index in [9.17, 15) is 27.0 Å². The van der Waals surface area contributed by atoms with Gasteiger partial charge < -0.3 is 30.9 Å². The molecule has 244 valence electrons. The molecule has 6 N–H and O–H groups in total. The molecular weight excluding hydrogens is 628 g/mol. The number of ether oxygens (including phenoxy) is 1. The molecule has 0 aliphatic carbocycles. The maximum atomic E-state index is 13.2. The number of unbranched alkanes of at least 4 members (excludes halogenated alkanes) is 1. The van der Waals surface area contributed by atoms with Crippen molar-refractivity contribution in [3.63, 3.8) is 0 Å². The molecule has 5 rings (SSSR count). The molecular formula is C27H36N8O8S2. The Labute approximate surface area is 260 Å². The first kappa shape index (κ1) is 32.7. The molecule has 1 aliphatic heterocycles. The number of hydrogen-bond acceptors (Lipinski definition) is 14. The van der Waals surface area contributed by atoms with Crippen molar-refractivity contribution in [1.29, 1.82) is 0 Å². The minimum atomic E-state index is -3.82. The lowest BCUT2D eigenvalue weighted by Crippen LogP contribution is -2.34. The number of aliphatic hydroxyl groups excluding tert-OH is 2. The molecule has 4 aromatic rings. The van der Waals surface area contributed by atoms with Crippen LogP contribution in [0.2, 0.25) is 0 Å². The highest BCUT2D eigenvalue weighted by Crippen LogP contribution is 2.35. The molecule has 3 heterocycles. The summed E-state index contributed by atoms with van der Waals surface area (Å²) in [4.78, 5) is 14.8. The van der Waals surface area contributed by atoms with Gasteiger partial charge in [0.2, 0.25) is 16.0 Å². The monoisotopic (exact) mass is 664 g/mol. The molecule has 0 bridgehead atoms. The van der Waals surface area contributed by atoms with Gasteiger partial charge in [0.05, 0.1) is 17.8 Å². The number of sulfonamides is 1. The van der Waals surface area contributed by atoms with Gasteiger partial charge in [-0.25, -0.2) is 28.1 Å². The van der Waals surface area contributed by atoms with Crippen LogP contribution in [0.5, 0.6) is 0 Å². The first-order chi connectivity index (χ1) is 21.3. The first-order valence-electron chi connectivity index (χ1n) is 14.1. The topological polar surface area (TPSA) is 224 Å². The zero-order valence-electron chi connectivity index (χ0n) is 24.9. The summed E-state index contributed by atoms with van der Waals surface area (Å²) in [6.07, 6.45) is -2.24. The first-order valence-corrected chi connectivity index (χ1v) is 17.4. The Kier molecular flexibility index (Phi) is 9.45. The largest absolute Gasteiger partial charge is 0.387 e. The zero-order valence-corrected chi connectivity index (χ0v) is 26.5. The average molecular weight is 665 g/mol. The molecule has 0 saturated carbocycles. The van der Waals surface area contributed by atoms with Gasteiger partial charge in [-0.2, -0.15) is 8.42 Å². The van der Waals surface area contributed by atoms with Crippen molar-refractivity contribution in [2.45, 2.75) is 42.3 Å². The van der Waals surface area contributed by atoms with E-state index in [4.69, 9.17) is 14.7 Å². The highest BCUT2D eigenvalue weighted by Gasteiger charge is 2.46. The fourth-order valence-corrected chi connectivity index (χ4v) is 6.86. The summed E-state index contributed by atoms with van der Waals surface area (Å²) in [5, 5.41) is 25.9. The fourth-order valence-electron chi connectivity index (χ4n) is 5.19. The minimum absolute atomic E-state index is 0.0762. The Bertz CT molecular complexity index is 1900. The quantitative estimate of drug-likeness (QED) is 0.0964. The molecule has 2 aromatic carbocycles. The second-order valence-electron chi connectivity index (χ2n) is 10.8. The van der Waals surface area contributed by atoms with Gasteiger partial charge in [0, 0.05) is 43.6 Å². The summed E-state index contributed by atoms with van der Waals surface area (Å²) in [6.45, 7) is 0.0116. The number of nitrogens with two attached hydrogens (primary N) is 1. The van der Waals surface area contributed by atoms with E-state index in [0.717, 1.165) is 17.3 Å². The molecule has 18 heteroatoms. The fraction of sp³-hybridized carbons (Fsp3) is 0.444. The van der Waals surface area contributed by atoms with Crippen LogP contribution in [0.3, 0.4) is 0 Å². The molecule has 4 unspecified atom stereocenters. The summed E-state index contributed by atoms with van der Waals surface area (Å²) in [5.41, 5.74) is 7.35. The van der Waals surface area contributed by atoms with Crippen molar-refractivity contribution >= 4 is 59.5 Å². The predicted octanol–water partition coefficient (Wildman–Crippen LogP) is 0.394. The second-order valence-corrected chi connectivity index (χ2v) is 14.2. The number of nitrogen functional groups attached to an aromatic ring is 1. The molecule has 0 spiro atoms. The van der Waals surface area contributed by atoms with Crippen LogP contribution in [0.1, 0.15) is 19.1 Å². The number of rotatable bonds is 13. The number of fused-ring (bicyclic) bond motifs is 2. The van der Waals surface area contributed by atoms with E-state index in [0.29, 0.717) is 24.8 Å². The lowest BCUT2D eigenvalue weighted by molar-refractivity contribution is -0.0456. The van der Waals surface area contributed by atoms with E-state index >= 15 is 0 Å². The van der Waals surface area contributed by atoms with Crippen LogP contribution in [0.4, 0.5) is 17.5 Å². The van der Waals surface area contributed by atoms with Crippen molar-refractivity contribution in [2.75, 3.05) is 56.0 Å². The molecule has 1 saturated heterocycles. The lowest BCUT2D eigenvalue weighted by Gasteiger charge is -2.19. The van der Waals surface area contributed by atoms with Crippen LogP contribution >= 0.6 is 0 Å². The van der Waals surface area contributed by atoms with E-state index < -0.39 is 51.3 Å². The third-order valence-electron chi connectivity index (χ3n) is 7.35. The van der Waals surface area contributed by atoms with Crippen molar-refractivity contribution in [3.05, 3.63) is 42.7 Å². The highest BCUT2D eigenvalue weighted by atomic mass is 32.2. The number of anilines is 3. The third-order valence-corrected chi connectivity index (χ3v) is 9.44. The van der Waals surface area contributed by atoms with E-state index in [1.165, 1.54) is 10.9 Å². The van der Waals surface area contributed by atoms with Crippen molar-refractivity contribution < 1.29 is 36.0 Å². The molecule has 16 nitrogen and oxygen atoms in total. The molecule has 2 aromatic heterocycles. The average Bonchev–Trinajstić information content (AvgIpc) is 3.49. The van der Waals surface area contributed by atoms with Crippen LogP contribution in [-0.4, -0.2) is 105 Å². The standard InChI is InChI=1S/C27H36N8O8S2/c1-34(2)18-10-6-9-17-16(18)8-7-11-20(17)45(40,41)32-13-5-4-12-29-27-33-21-24(28)30-15-31-25(21)35(27)26-23(37)22(36)19(43-26)14-42-44(3,38)39/h6-11,15,19,22-23,26,32,36-37H,4-5,12-14H2,1-3H3,(H,29,33)(H2,28,30,31). The molecule has 4 atom stereocenters. The van der Waals surface area contributed by atoms with Gasteiger partial charge in [0.15, 0.2) is 23.2 Å². The van der Waals surface area contributed by atoms with Gasteiger partial charge in [0.25, 0.3) is 10.1 Å². The maximum absolute atomic E-state index is 13.2. The van der Waals surface area contributed by atoms with Crippen LogP contribution in [0.25, 0.3) is 21.9 Å². The Hall–Kier alpha value is -3.65. The molecule has 1 aliphatic rings. The number of nitrogens with one attached hydrogen (secondary N) is 2. The van der Waals surface area contributed by atoms with Crippen LogP contribution in [0, 0.1) is 0 Å². The number of hydrogen-bond donors (Lipinski definition) is 5. The SMILES string of the molecule is CN(C)c1cccc2c(S(=O)(=O)NCCCCNc3nc4c(N)ncnc4n3C3OC(COS(C)(=O)=O)C(O)C3O)cccc12. The second kappa shape index (κ2) is 13.0. The van der Waals surface area contributed by atoms with Gasteiger partial charge in [-0.1, -0.05) is 24.3 Å². The summed E-state index contributed by atoms with van der Waals surface area (Å²) in [6, 6.07) is 10.7. The Morgan fingerprint density at radius 1 is 1.02 bits per heavy atom. The summed E-state index contributed by atoms with van der Waals surface area (Å²) >= 11 is 0. The van der Waals surface area contributed by atoms with Crippen LogP contribution in [-0.2, 0) is 29.1 Å². The van der Waals surface area contributed by atoms with Crippen LogP contribution < -0.4 is 20.7 Å². The number of aliphatic hydroxyl groups is 2. The summed E-state index contributed by atoms with van der Waals surface area (Å²) in [5.74, 6) is 0.276. The minimum Gasteiger partial charge on any atom is -0.387 e. The smallest absolute Gasteiger partial charge is 0.264 e. The lowest BCUT2D eigenvalue weighted by atomic mass is 10.1. The summed E-state index contributed by atoms with van der Waals surface area (Å²) < 4.78 is 64.0. The third kappa shape index (κ3) is 6.96. The van der Waals surface area contributed by atoms with Crippen molar-refractivity contribution in [2.24, 2.45) is 0 Å². The Morgan fingerprint density at radius 3 is 2.47 bits per heavy atom. The zero-order chi connectivity index (χ0) is 32.5. The van der Waals surface area contributed by atoms with Gasteiger partial charge >= 0.3 is 0 Å². The van der Waals surface area contributed by atoms with E-state index in [2.05, 4.69) is 25.0 Å². The molecule has 45 heavy (non-hydrogen) atoms. The molecule has 0 amide bonds. The van der Waals surface area contributed by atoms with E-state index in [1.807, 2.05) is 37.2 Å². The van der Waals surface area contributed by atoms with E-state index in [-0.39, 0.29) is 34.4 Å². The van der Waals surface area contributed by atoms with Crippen molar-refractivity contribution in [3.8, 4) is 0 Å². The Morgan fingerprint density at radius 2 is 1.73 bits per heavy atom. The normalized spacial score (nSPS) is 20.6. The number of imidazole rings is 1. The predicted molar refractivity (Wildman–Crippen MR) is 168 cm³/mol. The summed E-state index contributed by atoms with van der Waals surface area (Å²) in [7, 11) is -3.80. The van der Waals surface area contributed by atoms with Gasteiger partial charge in [-0.3, -0.25) is 8.75 Å². The van der Waals surface area contributed by atoms with Gasteiger partial charge in [-0.15, -0.1) is 0 Å². The Balaban J connectivity index is 1.25. The number of benzene rings is 2.